The monoisotopic (exact) mass is 321 g/mol. The van der Waals surface area contributed by atoms with Gasteiger partial charge in [0.15, 0.2) is 0 Å². The highest BCUT2D eigenvalue weighted by Gasteiger charge is 2.30. The van der Waals surface area contributed by atoms with Crippen molar-refractivity contribution in [3.63, 3.8) is 0 Å². The van der Waals surface area contributed by atoms with Gasteiger partial charge in [-0.05, 0) is 26.0 Å². The standard InChI is InChI=1S/C16H23N3O2S/c1-12(2)19-11-14(15(17-19)16(3,4)5)22(20,21)18-13-9-7-6-8-10-13/h6-12,18H,1-5H3. The number of hydrogen-bond donors (Lipinski definition) is 1. The first-order valence-corrected chi connectivity index (χ1v) is 8.77. The van der Waals surface area contributed by atoms with Crippen LogP contribution in [0.1, 0.15) is 46.4 Å². The number of nitrogens with zero attached hydrogens (tertiary/aromatic N) is 2. The molecule has 5 nitrogen and oxygen atoms in total. The second kappa shape index (κ2) is 5.76. The Hall–Kier alpha value is -1.82. The number of nitrogens with one attached hydrogen (secondary N) is 1. The van der Waals surface area contributed by atoms with Gasteiger partial charge in [0.05, 0.1) is 5.69 Å². The maximum atomic E-state index is 12.7. The molecule has 0 radical (unpaired) electrons. The van der Waals surface area contributed by atoms with E-state index in [0.717, 1.165) is 0 Å². The summed E-state index contributed by atoms with van der Waals surface area (Å²) in [6.45, 7) is 9.82. The number of para-hydroxylation sites is 1. The molecule has 0 amide bonds. The van der Waals surface area contributed by atoms with E-state index in [1.807, 2.05) is 40.7 Å². The average Bonchev–Trinajstić information content (AvgIpc) is 2.85. The quantitative estimate of drug-likeness (QED) is 0.936. The molecule has 0 saturated heterocycles. The van der Waals surface area contributed by atoms with Crippen LogP contribution in [0.3, 0.4) is 0 Å². The molecule has 0 unspecified atom stereocenters. The minimum atomic E-state index is -3.67. The Balaban J connectivity index is 2.50. The minimum Gasteiger partial charge on any atom is -0.280 e. The van der Waals surface area contributed by atoms with Gasteiger partial charge >= 0.3 is 0 Å². The highest BCUT2D eigenvalue weighted by atomic mass is 32.2. The maximum Gasteiger partial charge on any atom is 0.265 e. The molecule has 1 N–H and O–H groups in total. The molecular formula is C16H23N3O2S. The molecule has 0 fully saturated rings. The van der Waals surface area contributed by atoms with E-state index in [4.69, 9.17) is 0 Å². The van der Waals surface area contributed by atoms with Crippen molar-refractivity contribution < 1.29 is 8.42 Å². The predicted molar refractivity (Wildman–Crippen MR) is 88.6 cm³/mol. The van der Waals surface area contributed by atoms with Crippen molar-refractivity contribution >= 4 is 15.7 Å². The number of rotatable bonds is 4. The third-order valence-electron chi connectivity index (χ3n) is 3.25. The van der Waals surface area contributed by atoms with Crippen LogP contribution in [0.2, 0.25) is 0 Å². The van der Waals surface area contributed by atoms with Crippen molar-refractivity contribution in [2.24, 2.45) is 0 Å². The van der Waals surface area contributed by atoms with Gasteiger partial charge in [-0.15, -0.1) is 0 Å². The molecule has 1 aromatic heterocycles. The lowest BCUT2D eigenvalue weighted by Gasteiger charge is -2.18. The predicted octanol–water partition coefficient (Wildman–Crippen LogP) is 3.56. The molecule has 0 aliphatic rings. The first kappa shape index (κ1) is 16.5. The molecule has 2 rings (SSSR count). The summed E-state index contributed by atoms with van der Waals surface area (Å²) >= 11 is 0. The third kappa shape index (κ3) is 3.50. The van der Waals surface area contributed by atoms with Crippen LogP contribution in [0.4, 0.5) is 5.69 Å². The summed E-state index contributed by atoms with van der Waals surface area (Å²) in [7, 11) is -3.67. The van der Waals surface area contributed by atoms with Gasteiger partial charge in [0.25, 0.3) is 10.0 Å². The average molecular weight is 321 g/mol. The van der Waals surface area contributed by atoms with Crippen molar-refractivity contribution in [1.82, 2.24) is 9.78 Å². The van der Waals surface area contributed by atoms with Crippen LogP contribution in [0, 0.1) is 0 Å². The first-order valence-electron chi connectivity index (χ1n) is 7.29. The molecular weight excluding hydrogens is 298 g/mol. The van der Waals surface area contributed by atoms with Crippen LogP contribution >= 0.6 is 0 Å². The fourth-order valence-electron chi connectivity index (χ4n) is 2.07. The first-order chi connectivity index (χ1) is 10.1. The Bertz CT molecular complexity index is 741. The zero-order valence-corrected chi connectivity index (χ0v) is 14.5. The van der Waals surface area contributed by atoms with Gasteiger partial charge < -0.3 is 0 Å². The van der Waals surface area contributed by atoms with Gasteiger partial charge in [0.2, 0.25) is 0 Å². The summed E-state index contributed by atoms with van der Waals surface area (Å²) < 4.78 is 29.8. The Labute approximate surface area is 132 Å². The number of aromatic nitrogens is 2. The largest absolute Gasteiger partial charge is 0.280 e. The molecule has 120 valence electrons. The summed E-state index contributed by atoms with van der Waals surface area (Å²) in [5, 5.41) is 4.49. The number of hydrogen-bond acceptors (Lipinski definition) is 3. The van der Waals surface area contributed by atoms with E-state index < -0.39 is 10.0 Å². The van der Waals surface area contributed by atoms with Crippen molar-refractivity contribution in [1.29, 1.82) is 0 Å². The van der Waals surface area contributed by atoms with Crippen molar-refractivity contribution in [3.05, 3.63) is 42.2 Å². The van der Waals surface area contributed by atoms with Gasteiger partial charge in [-0.2, -0.15) is 5.10 Å². The fourth-order valence-corrected chi connectivity index (χ4v) is 3.48. The molecule has 1 aromatic carbocycles. The molecule has 0 aliphatic heterocycles. The normalized spacial score (nSPS) is 12.6. The Morgan fingerprint density at radius 1 is 1.14 bits per heavy atom. The summed E-state index contributed by atoms with van der Waals surface area (Å²) in [6.07, 6.45) is 1.61. The van der Waals surface area contributed by atoms with E-state index >= 15 is 0 Å². The summed E-state index contributed by atoms with van der Waals surface area (Å²) in [5.74, 6) is 0. The van der Waals surface area contributed by atoms with Gasteiger partial charge in [0, 0.05) is 23.3 Å². The van der Waals surface area contributed by atoms with Crippen LogP contribution in [-0.2, 0) is 15.4 Å². The van der Waals surface area contributed by atoms with E-state index in [0.29, 0.717) is 11.4 Å². The molecule has 0 aliphatic carbocycles. The number of benzene rings is 1. The number of sulfonamides is 1. The summed E-state index contributed by atoms with van der Waals surface area (Å²) in [4.78, 5) is 0.234. The van der Waals surface area contributed by atoms with Crippen LogP contribution in [0.5, 0.6) is 0 Å². The third-order valence-corrected chi connectivity index (χ3v) is 4.64. The topological polar surface area (TPSA) is 64.0 Å². The van der Waals surface area contributed by atoms with Crippen LogP contribution in [0.25, 0.3) is 0 Å². The molecule has 0 spiro atoms. The highest BCUT2D eigenvalue weighted by Crippen LogP contribution is 2.29. The molecule has 2 aromatic rings. The molecule has 6 heteroatoms. The second-order valence-corrected chi connectivity index (χ2v) is 8.29. The molecule has 0 bridgehead atoms. The van der Waals surface area contributed by atoms with Crippen molar-refractivity contribution in [2.75, 3.05) is 4.72 Å². The highest BCUT2D eigenvalue weighted by molar-refractivity contribution is 7.92. The zero-order chi connectivity index (χ0) is 16.5. The van der Waals surface area contributed by atoms with E-state index in [9.17, 15) is 8.42 Å². The molecule has 0 saturated carbocycles. The maximum absolute atomic E-state index is 12.7. The fraction of sp³-hybridized carbons (Fsp3) is 0.438. The van der Waals surface area contributed by atoms with Gasteiger partial charge in [-0.3, -0.25) is 9.40 Å². The van der Waals surface area contributed by atoms with E-state index in [1.165, 1.54) is 0 Å². The SMILES string of the molecule is CC(C)n1cc(S(=O)(=O)Nc2ccccc2)c(C(C)(C)C)n1. The van der Waals surface area contributed by atoms with Crippen molar-refractivity contribution in [2.45, 2.75) is 51.0 Å². The van der Waals surface area contributed by atoms with Crippen LogP contribution in [-0.4, -0.2) is 18.2 Å². The van der Waals surface area contributed by atoms with Gasteiger partial charge in [-0.1, -0.05) is 39.0 Å². The summed E-state index contributed by atoms with van der Waals surface area (Å²) in [5.41, 5.74) is 0.755. The molecule has 22 heavy (non-hydrogen) atoms. The Morgan fingerprint density at radius 2 is 1.73 bits per heavy atom. The zero-order valence-electron chi connectivity index (χ0n) is 13.7. The van der Waals surface area contributed by atoms with Gasteiger partial charge in [-0.25, -0.2) is 8.42 Å². The Morgan fingerprint density at radius 3 is 2.23 bits per heavy atom. The second-order valence-electron chi connectivity index (χ2n) is 6.64. The lowest BCUT2D eigenvalue weighted by atomic mass is 9.92. The summed E-state index contributed by atoms with van der Waals surface area (Å²) in [6, 6.07) is 8.97. The van der Waals surface area contributed by atoms with Crippen molar-refractivity contribution in [3.8, 4) is 0 Å². The number of anilines is 1. The van der Waals surface area contributed by atoms with Crippen LogP contribution < -0.4 is 4.72 Å². The molecule has 1 heterocycles. The van der Waals surface area contributed by atoms with E-state index in [-0.39, 0.29) is 16.4 Å². The van der Waals surface area contributed by atoms with Gasteiger partial charge in [0.1, 0.15) is 4.90 Å². The Kier molecular flexibility index (Phi) is 4.33. The smallest absolute Gasteiger partial charge is 0.265 e. The minimum absolute atomic E-state index is 0.0989. The van der Waals surface area contributed by atoms with Crippen LogP contribution in [0.15, 0.2) is 41.4 Å². The lowest BCUT2D eigenvalue weighted by molar-refractivity contribution is 0.493. The van der Waals surface area contributed by atoms with E-state index in [1.54, 1.807) is 35.1 Å². The lowest BCUT2D eigenvalue weighted by Crippen LogP contribution is -2.20. The van der Waals surface area contributed by atoms with E-state index in [2.05, 4.69) is 9.82 Å². The molecule has 0 atom stereocenters.